The van der Waals surface area contributed by atoms with Gasteiger partial charge in [0.25, 0.3) is 0 Å². The van der Waals surface area contributed by atoms with Crippen LogP contribution in [0.4, 0.5) is 0 Å². The van der Waals surface area contributed by atoms with Crippen LogP contribution in [-0.4, -0.2) is 27.0 Å². The Labute approximate surface area is 175 Å². The van der Waals surface area contributed by atoms with Crippen LogP contribution in [0.25, 0.3) is 32.9 Å². The van der Waals surface area contributed by atoms with Crippen molar-refractivity contribution in [2.45, 2.75) is 11.4 Å². The van der Waals surface area contributed by atoms with Crippen LogP contribution in [0.1, 0.15) is 0 Å². The summed E-state index contributed by atoms with van der Waals surface area (Å²) in [6.07, 6.45) is 1.84. The van der Waals surface area contributed by atoms with Crippen molar-refractivity contribution in [2.24, 2.45) is 0 Å². The number of hydrogen-bond donors (Lipinski definition) is 2. The van der Waals surface area contributed by atoms with Gasteiger partial charge in [0, 0.05) is 10.8 Å². The van der Waals surface area contributed by atoms with Gasteiger partial charge in [0.15, 0.2) is 5.43 Å². The number of fused-ring (bicyclic) bond motifs is 2. The molecular formula is C22H16ClNO4S. The summed E-state index contributed by atoms with van der Waals surface area (Å²) in [5, 5.41) is 20.4. The zero-order valence-electron chi connectivity index (χ0n) is 15.3. The second kappa shape index (κ2) is 7.46. The average Bonchev–Trinajstić information content (AvgIpc) is 2.71. The number of aromatic nitrogens is 1. The number of phenolic OH excluding ortho intramolecular Hbond substituents is 1. The molecule has 0 atom stereocenters. The number of pyridine rings is 1. The minimum Gasteiger partial charge on any atom is -0.508 e. The van der Waals surface area contributed by atoms with Crippen molar-refractivity contribution >= 4 is 51.1 Å². The monoisotopic (exact) mass is 425 g/mol. The lowest BCUT2D eigenvalue weighted by Gasteiger charge is -2.17. The van der Waals surface area contributed by atoms with E-state index in [4.69, 9.17) is 11.6 Å². The van der Waals surface area contributed by atoms with E-state index in [1.165, 1.54) is 11.8 Å². The molecular weight excluding hydrogens is 410 g/mol. The summed E-state index contributed by atoms with van der Waals surface area (Å²) in [4.78, 5) is 25.5. The van der Waals surface area contributed by atoms with Crippen LogP contribution >= 0.6 is 23.4 Å². The molecule has 1 aromatic heterocycles. The number of rotatable bonds is 4. The van der Waals surface area contributed by atoms with Crippen LogP contribution in [0.15, 0.2) is 64.3 Å². The van der Waals surface area contributed by atoms with E-state index >= 15 is 0 Å². The predicted octanol–water partition coefficient (Wildman–Crippen LogP) is 4.99. The van der Waals surface area contributed by atoms with E-state index in [9.17, 15) is 19.8 Å². The van der Waals surface area contributed by atoms with Gasteiger partial charge >= 0.3 is 5.97 Å². The average molecular weight is 426 g/mol. The summed E-state index contributed by atoms with van der Waals surface area (Å²) in [7, 11) is 0. The Kier molecular flexibility index (Phi) is 4.98. The molecule has 0 amide bonds. The van der Waals surface area contributed by atoms with Gasteiger partial charge in [-0.15, -0.1) is 11.8 Å². The minimum atomic E-state index is -1.02. The van der Waals surface area contributed by atoms with Gasteiger partial charge < -0.3 is 14.8 Å². The van der Waals surface area contributed by atoms with Gasteiger partial charge in [-0.25, -0.2) is 0 Å². The molecule has 3 aromatic carbocycles. The zero-order chi connectivity index (χ0) is 20.7. The number of nitrogens with zero attached hydrogens (tertiary/aromatic N) is 1. The smallest absolute Gasteiger partial charge is 0.323 e. The molecule has 0 bridgehead atoms. The van der Waals surface area contributed by atoms with Gasteiger partial charge in [-0.05, 0) is 53.8 Å². The summed E-state index contributed by atoms with van der Waals surface area (Å²) in [5.74, 6) is -0.860. The second-order valence-corrected chi connectivity index (χ2v) is 7.79. The van der Waals surface area contributed by atoms with Crippen LogP contribution in [-0.2, 0) is 11.3 Å². The van der Waals surface area contributed by atoms with Gasteiger partial charge in [-0.2, -0.15) is 0 Å². The van der Waals surface area contributed by atoms with Crippen molar-refractivity contribution in [3.63, 3.8) is 0 Å². The van der Waals surface area contributed by atoms with Crippen molar-refractivity contribution in [2.75, 3.05) is 6.26 Å². The zero-order valence-corrected chi connectivity index (χ0v) is 16.9. The lowest BCUT2D eigenvalue weighted by atomic mass is 10.0. The first kappa shape index (κ1) is 19.4. The SMILES string of the molecule is CSc1c(Cl)ccc2c(=O)c3ccc(-c4ccc(O)cc4)cc3n(CC(=O)O)c12. The molecule has 0 fully saturated rings. The number of phenols is 1. The van der Waals surface area contributed by atoms with Crippen LogP contribution in [0.2, 0.25) is 5.02 Å². The summed E-state index contributed by atoms with van der Waals surface area (Å²) in [5.41, 5.74) is 2.53. The number of carbonyl (C=O) groups is 1. The molecule has 0 aliphatic rings. The maximum Gasteiger partial charge on any atom is 0.323 e. The Morgan fingerprint density at radius 1 is 1.03 bits per heavy atom. The fourth-order valence-electron chi connectivity index (χ4n) is 3.54. The Morgan fingerprint density at radius 2 is 1.69 bits per heavy atom. The van der Waals surface area contributed by atoms with Gasteiger partial charge in [-0.3, -0.25) is 9.59 Å². The van der Waals surface area contributed by atoms with E-state index < -0.39 is 5.97 Å². The maximum absolute atomic E-state index is 13.2. The van der Waals surface area contributed by atoms with Crippen molar-refractivity contribution in [3.8, 4) is 16.9 Å². The fourth-order valence-corrected chi connectivity index (χ4v) is 4.60. The summed E-state index contributed by atoms with van der Waals surface area (Å²) in [6, 6.07) is 15.3. The predicted molar refractivity (Wildman–Crippen MR) is 117 cm³/mol. The highest BCUT2D eigenvalue weighted by Crippen LogP contribution is 2.35. The highest BCUT2D eigenvalue weighted by atomic mass is 35.5. The molecule has 0 unspecified atom stereocenters. The molecule has 0 saturated heterocycles. The highest BCUT2D eigenvalue weighted by molar-refractivity contribution is 7.99. The van der Waals surface area contributed by atoms with Crippen LogP contribution in [0.3, 0.4) is 0 Å². The quantitative estimate of drug-likeness (QED) is 0.356. The van der Waals surface area contributed by atoms with Crippen molar-refractivity contribution < 1.29 is 15.0 Å². The molecule has 0 radical (unpaired) electrons. The molecule has 4 aromatic rings. The maximum atomic E-state index is 13.2. The van der Waals surface area contributed by atoms with Crippen LogP contribution < -0.4 is 5.43 Å². The third-order valence-corrected chi connectivity index (χ3v) is 6.08. The molecule has 0 aliphatic heterocycles. The largest absolute Gasteiger partial charge is 0.508 e. The second-order valence-electron chi connectivity index (χ2n) is 6.56. The van der Waals surface area contributed by atoms with E-state index in [1.54, 1.807) is 53.1 Å². The molecule has 2 N–H and O–H groups in total. The molecule has 5 nitrogen and oxygen atoms in total. The first-order valence-corrected chi connectivity index (χ1v) is 10.3. The van der Waals surface area contributed by atoms with E-state index in [0.717, 1.165) is 11.1 Å². The van der Waals surface area contributed by atoms with Gasteiger partial charge in [0.1, 0.15) is 12.3 Å². The summed E-state index contributed by atoms with van der Waals surface area (Å²) < 4.78 is 1.63. The highest BCUT2D eigenvalue weighted by Gasteiger charge is 2.18. The third kappa shape index (κ3) is 3.34. The molecule has 4 rings (SSSR count). The Hall–Kier alpha value is -2.96. The number of aromatic hydroxyl groups is 1. The van der Waals surface area contributed by atoms with Gasteiger partial charge in [0.2, 0.25) is 0 Å². The van der Waals surface area contributed by atoms with Crippen molar-refractivity contribution in [3.05, 3.63) is 69.8 Å². The van der Waals surface area contributed by atoms with Crippen molar-refractivity contribution in [1.29, 1.82) is 0 Å². The Balaban J connectivity index is 2.15. The normalized spacial score (nSPS) is 11.2. The molecule has 7 heteroatoms. The standard InChI is InChI=1S/C22H16ClNO4S/c1-29-22-17(23)9-8-16-20(22)24(11-19(26)27)18-10-13(4-7-15(18)21(16)28)12-2-5-14(25)6-3-12/h2-10,25H,11H2,1H3,(H,26,27). The number of thioether (sulfide) groups is 1. The lowest BCUT2D eigenvalue weighted by molar-refractivity contribution is -0.137. The van der Waals surface area contributed by atoms with Gasteiger partial charge in [-0.1, -0.05) is 29.8 Å². The molecule has 0 saturated carbocycles. The molecule has 1 heterocycles. The number of aliphatic carboxylic acids is 1. The van der Waals surface area contributed by atoms with E-state index in [2.05, 4.69) is 0 Å². The van der Waals surface area contributed by atoms with Crippen LogP contribution in [0.5, 0.6) is 5.75 Å². The first-order chi connectivity index (χ1) is 13.9. The number of halogens is 1. The third-order valence-electron chi connectivity index (χ3n) is 4.83. The summed E-state index contributed by atoms with van der Waals surface area (Å²) >= 11 is 7.72. The molecule has 146 valence electrons. The Morgan fingerprint density at radius 3 is 2.34 bits per heavy atom. The van der Waals surface area contributed by atoms with Gasteiger partial charge in [0.05, 0.1) is 21.0 Å². The number of benzene rings is 3. The fraction of sp³-hybridized carbons (Fsp3) is 0.0909. The van der Waals surface area contributed by atoms with Crippen LogP contribution in [0, 0.1) is 0 Å². The first-order valence-electron chi connectivity index (χ1n) is 8.74. The van der Waals surface area contributed by atoms with E-state index in [-0.39, 0.29) is 17.7 Å². The molecule has 0 spiro atoms. The number of carboxylic acid groups (broad SMARTS) is 1. The molecule has 29 heavy (non-hydrogen) atoms. The van der Waals surface area contributed by atoms with E-state index in [1.807, 2.05) is 12.3 Å². The molecule has 0 aliphatic carbocycles. The summed E-state index contributed by atoms with van der Waals surface area (Å²) in [6.45, 7) is -0.305. The number of hydrogen-bond acceptors (Lipinski definition) is 4. The van der Waals surface area contributed by atoms with E-state index in [0.29, 0.717) is 31.7 Å². The minimum absolute atomic E-state index is 0.155. The topological polar surface area (TPSA) is 79.5 Å². The number of carboxylic acids is 1. The lowest BCUT2D eigenvalue weighted by Crippen LogP contribution is -2.16. The van der Waals surface area contributed by atoms with Crippen molar-refractivity contribution in [1.82, 2.24) is 4.57 Å². The Bertz CT molecular complexity index is 1330.